The summed E-state index contributed by atoms with van der Waals surface area (Å²) in [5.41, 5.74) is 0.295. The third-order valence-corrected chi connectivity index (χ3v) is 5.72. The zero-order valence-corrected chi connectivity index (χ0v) is 13.8. The number of aliphatic hydroxyl groups is 1. The maximum absolute atomic E-state index is 12.3. The van der Waals surface area contributed by atoms with Gasteiger partial charge in [0.05, 0.1) is 11.6 Å². The smallest absolute Gasteiger partial charge is 0.242 e. The Morgan fingerprint density at radius 1 is 1.24 bits per heavy atom. The van der Waals surface area contributed by atoms with Gasteiger partial charge in [0.15, 0.2) is 0 Å². The third kappa shape index (κ3) is 4.31. The van der Waals surface area contributed by atoms with Crippen molar-refractivity contribution in [1.82, 2.24) is 9.62 Å². The first-order valence-corrected chi connectivity index (χ1v) is 8.99. The first kappa shape index (κ1) is 17.0. The second-order valence-corrected chi connectivity index (χ2v) is 7.53. The third-order valence-electron chi connectivity index (χ3n) is 3.46. The summed E-state index contributed by atoms with van der Waals surface area (Å²) in [5, 5.41) is 9.42. The zero-order valence-electron chi connectivity index (χ0n) is 11.5. The molecular formula is C13H18Cl2N2O3S. The van der Waals surface area contributed by atoms with Gasteiger partial charge >= 0.3 is 0 Å². The van der Waals surface area contributed by atoms with Gasteiger partial charge in [0.1, 0.15) is 4.90 Å². The van der Waals surface area contributed by atoms with E-state index in [0.717, 1.165) is 25.9 Å². The molecule has 0 atom stereocenters. The normalized spacial score (nSPS) is 16.5. The second-order valence-electron chi connectivity index (χ2n) is 4.98. The van der Waals surface area contributed by atoms with Crippen LogP contribution in [0.3, 0.4) is 0 Å². The molecule has 2 N–H and O–H groups in total. The molecule has 0 radical (unpaired) electrons. The highest BCUT2D eigenvalue weighted by Gasteiger charge is 2.21. The van der Waals surface area contributed by atoms with Crippen LogP contribution in [0.15, 0.2) is 17.0 Å². The molecule has 1 aromatic carbocycles. The van der Waals surface area contributed by atoms with E-state index in [0.29, 0.717) is 18.7 Å². The van der Waals surface area contributed by atoms with Crippen molar-refractivity contribution in [2.75, 3.05) is 26.2 Å². The number of rotatable bonds is 6. The van der Waals surface area contributed by atoms with Gasteiger partial charge < -0.3 is 10.0 Å². The fourth-order valence-electron chi connectivity index (χ4n) is 2.35. The molecule has 5 nitrogen and oxygen atoms in total. The standard InChI is InChI=1S/C13H18Cl2N2O3S/c14-11-7-10(9-18)13(15)12(8-11)21(19,20)16-3-6-17-4-1-2-5-17/h7-8,16,18H,1-6,9H2. The van der Waals surface area contributed by atoms with Crippen LogP contribution >= 0.6 is 23.2 Å². The topological polar surface area (TPSA) is 69.6 Å². The number of benzene rings is 1. The maximum Gasteiger partial charge on any atom is 0.242 e. The highest BCUT2D eigenvalue weighted by Crippen LogP contribution is 2.29. The summed E-state index contributed by atoms with van der Waals surface area (Å²) in [6.07, 6.45) is 2.32. The maximum atomic E-state index is 12.3. The Hall–Kier alpha value is -0.370. The van der Waals surface area contributed by atoms with Gasteiger partial charge in [0.25, 0.3) is 0 Å². The molecule has 1 aliphatic heterocycles. The van der Waals surface area contributed by atoms with E-state index in [1.54, 1.807) is 0 Å². The largest absolute Gasteiger partial charge is 0.392 e. The van der Waals surface area contributed by atoms with Gasteiger partial charge in [-0.25, -0.2) is 13.1 Å². The van der Waals surface area contributed by atoms with Gasteiger partial charge in [0.2, 0.25) is 10.0 Å². The summed E-state index contributed by atoms with van der Waals surface area (Å²) in [5.74, 6) is 0. The monoisotopic (exact) mass is 352 g/mol. The van der Waals surface area contributed by atoms with E-state index in [-0.39, 0.29) is 21.5 Å². The van der Waals surface area contributed by atoms with Crippen molar-refractivity contribution >= 4 is 33.2 Å². The lowest BCUT2D eigenvalue weighted by Crippen LogP contribution is -2.33. The molecule has 118 valence electrons. The lowest BCUT2D eigenvalue weighted by atomic mass is 10.2. The number of halogens is 2. The van der Waals surface area contributed by atoms with E-state index in [2.05, 4.69) is 9.62 Å². The average Bonchev–Trinajstić information content (AvgIpc) is 2.93. The van der Waals surface area contributed by atoms with Crippen molar-refractivity contribution in [2.45, 2.75) is 24.3 Å². The van der Waals surface area contributed by atoms with Crippen molar-refractivity contribution in [3.63, 3.8) is 0 Å². The van der Waals surface area contributed by atoms with E-state index in [1.807, 2.05) is 0 Å². The molecule has 0 spiro atoms. The van der Waals surface area contributed by atoms with Crippen LogP contribution in [0.2, 0.25) is 10.0 Å². The number of sulfonamides is 1. The second kappa shape index (κ2) is 7.26. The average molecular weight is 353 g/mol. The van der Waals surface area contributed by atoms with E-state index < -0.39 is 10.0 Å². The predicted octanol–water partition coefficient (Wildman–Crippen LogP) is 1.86. The molecule has 8 heteroatoms. The van der Waals surface area contributed by atoms with Gasteiger partial charge in [-0.05, 0) is 43.6 Å². The quantitative estimate of drug-likeness (QED) is 0.819. The number of likely N-dealkylation sites (tertiary alicyclic amines) is 1. The molecule has 0 saturated carbocycles. The molecule has 1 fully saturated rings. The molecule has 2 rings (SSSR count). The van der Waals surface area contributed by atoms with Gasteiger partial charge in [0, 0.05) is 18.1 Å². The lowest BCUT2D eigenvalue weighted by Gasteiger charge is -2.16. The van der Waals surface area contributed by atoms with E-state index in [1.165, 1.54) is 12.1 Å². The highest BCUT2D eigenvalue weighted by molar-refractivity contribution is 7.89. The molecule has 1 aromatic rings. The molecular weight excluding hydrogens is 335 g/mol. The molecule has 1 aliphatic rings. The number of hydrogen-bond acceptors (Lipinski definition) is 4. The number of nitrogens with one attached hydrogen (secondary N) is 1. The van der Waals surface area contributed by atoms with E-state index in [4.69, 9.17) is 23.2 Å². The molecule has 0 aliphatic carbocycles. The molecule has 21 heavy (non-hydrogen) atoms. The van der Waals surface area contributed by atoms with Crippen LogP contribution in [0.5, 0.6) is 0 Å². The Morgan fingerprint density at radius 2 is 1.90 bits per heavy atom. The van der Waals surface area contributed by atoms with Crippen molar-refractivity contribution in [1.29, 1.82) is 0 Å². The Labute approximate surface area is 134 Å². The SMILES string of the molecule is O=S(=O)(NCCN1CCCC1)c1cc(Cl)cc(CO)c1Cl. The molecule has 0 amide bonds. The molecule has 0 bridgehead atoms. The van der Waals surface area contributed by atoms with E-state index >= 15 is 0 Å². The highest BCUT2D eigenvalue weighted by atomic mass is 35.5. The van der Waals surface area contributed by atoms with E-state index in [9.17, 15) is 13.5 Å². The van der Waals surface area contributed by atoms with Gasteiger partial charge in [-0.15, -0.1) is 0 Å². The van der Waals surface area contributed by atoms with Crippen LogP contribution in [0.1, 0.15) is 18.4 Å². The van der Waals surface area contributed by atoms with Crippen molar-refractivity contribution in [3.05, 3.63) is 27.7 Å². The minimum atomic E-state index is -3.74. The molecule has 1 heterocycles. The first-order valence-electron chi connectivity index (χ1n) is 6.75. The number of nitrogens with zero attached hydrogens (tertiary/aromatic N) is 1. The Bertz CT molecular complexity index is 602. The van der Waals surface area contributed by atoms with Crippen LogP contribution in [-0.2, 0) is 16.6 Å². The van der Waals surface area contributed by atoms with Gasteiger partial charge in [-0.3, -0.25) is 0 Å². The summed E-state index contributed by atoms with van der Waals surface area (Å²) in [6, 6.07) is 2.74. The van der Waals surface area contributed by atoms with Crippen molar-refractivity contribution < 1.29 is 13.5 Å². The minimum absolute atomic E-state index is 0.00979. The predicted molar refractivity (Wildman–Crippen MR) is 83.2 cm³/mol. The minimum Gasteiger partial charge on any atom is -0.392 e. The molecule has 0 aromatic heterocycles. The van der Waals surface area contributed by atoms with Gasteiger partial charge in [-0.2, -0.15) is 0 Å². The van der Waals surface area contributed by atoms with Crippen molar-refractivity contribution in [3.8, 4) is 0 Å². The summed E-state index contributed by atoms with van der Waals surface area (Å²) in [7, 11) is -3.74. The fourth-order valence-corrected chi connectivity index (χ4v) is 4.29. The fraction of sp³-hybridized carbons (Fsp3) is 0.538. The molecule has 1 saturated heterocycles. The summed E-state index contributed by atoms with van der Waals surface area (Å²) < 4.78 is 27.1. The van der Waals surface area contributed by atoms with Crippen LogP contribution in [0, 0.1) is 0 Å². The van der Waals surface area contributed by atoms with Crippen LogP contribution in [0.25, 0.3) is 0 Å². The number of aliphatic hydroxyl groups excluding tert-OH is 1. The molecule has 0 unspecified atom stereocenters. The lowest BCUT2D eigenvalue weighted by molar-refractivity contribution is 0.281. The van der Waals surface area contributed by atoms with Crippen LogP contribution in [-0.4, -0.2) is 44.6 Å². The van der Waals surface area contributed by atoms with Crippen LogP contribution < -0.4 is 4.72 Å². The summed E-state index contributed by atoms with van der Waals surface area (Å²) in [4.78, 5) is 2.11. The zero-order chi connectivity index (χ0) is 15.5. The number of hydrogen-bond donors (Lipinski definition) is 2. The Kier molecular flexibility index (Phi) is 5.88. The Balaban J connectivity index is 2.09. The van der Waals surface area contributed by atoms with Crippen LogP contribution in [0.4, 0.5) is 0 Å². The summed E-state index contributed by atoms with van der Waals surface area (Å²) >= 11 is 11.9. The Morgan fingerprint density at radius 3 is 2.52 bits per heavy atom. The van der Waals surface area contributed by atoms with Gasteiger partial charge in [-0.1, -0.05) is 23.2 Å². The van der Waals surface area contributed by atoms with Crippen molar-refractivity contribution in [2.24, 2.45) is 0 Å². The first-order chi connectivity index (χ1) is 9.94. The summed E-state index contributed by atoms with van der Waals surface area (Å²) in [6.45, 7) is 2.64.